The minimum absolute atomic E-state index is 0.0130. The summed E-state index contributed by atoms with van der Waals surface area (Å²) in [6, 6.07) is 17.1. The molecule has 0 fully saturated rings. The minimum Gasteiger partial charge on any atom is -0.484 e. The molecule has 0 saturated heterocycles. The number of fused-ring (bicyclic) bond motifs is 1. The van der Waals surface area contributed by atoms with Crippen molar-refractivity contribution in [2.45, 2.75) is 33.2 Å². The number of likely N-dealkylation sites (N-methyl/N-ethyl adjacent to an activating group) is 1. The van der Waals surface area contributed by atoms with Gasteiger partial charge in [-0.2, -0.15) is 0 Å². The summed E-state index contributed by atoms with van der Waals surface area (Å²) < 4.78 is 7.46. The number of amides is 2. The molecule has 31 heavy (non-hydrogen) atoms. The number of carbonyl (C=O) groups excluding carboxylic acids is 2. The van der Waals surface area contributed by atoms with E-state index in [1.54, 1.807) is 0 Å². The summed E-state index contributed by atoms with van der Waals surface area (Å²) >= 11 is 0. The lowest BCUT2D eigenvalue weighted by molar-refractivity contribution is -0.131. The molecule has 3 aromatic rings. The van der Waals surface area contributed by atoms with Gasteiger partial charge in [-0.15, -0.1) is 0 Å². The highest BCUT2D eigenvalue weighted by atomic mass is 16.5. The van der Waals surface area contributed by atoms with Crippen LogP contribution in [0, 0.1) is 0 Å². The Morgan fingerprint density at radius 3 is 2.48 bits per heavy atom. The highest BCUT2D eigenvalue weighted by Crippen LogP contribution is 2.17. The molecule has 164 valence electrons. The molecule has 2 amide bonds. The zero-order valence-electron chi connectivity index (χ0n) is 18.2. The highest BCUT2D eigenvalue weighted by Gasteiger charge is 2.16. The molecule has 1 heterocycles. The average molecular weight is 423 g/mol. The summed E-state index contributed by atoms with van der Waals surface area (Å²) in [5.74, 6) is 1.45. The predicted octanol–water partition coefficient (Wildman–Crippen LogP) is 3.03. The second-order valence-electron chi connectivity index (χ2n) is 7.22. The summed E-state index contributed by atoms with van der Waals surface area (Å²) in [6.07, 6.45) is 1.39. The molecule has 1 N–H and O–H groups in total. The van der Waals surface area contributed by atoms with Crippen LogP contribution in [-0.4, -0.2) is 52.5 Å². The second kappa shape index (κ2) is 11.2. The molecule has 0 spiro atoms. The highest BCUT2D eigenvalue weighted by molar-refractivity contribution is 5.81. The zero-order chi connectivity index (χ0) is 22.1. The lowest BCUT2D eigenvalue weighted by Gasteiger charge is -2.20. The second-order valence-corrected chi connectivity index (χ2v) is 7.22. The molecular formula is C24H30N4O3. The fourth-order valence-corrected chi connectivity index (χ4v) is 3.50. The number of benzene rings is 2. The third kappa shape index (κ3) is 6.07. The van der Waals surface area contributed by atoms with Gasteiger partial charge in [0, 0.05) is 26.1 Å². The van der Waals surface area contributed by atoms with Crippen molar-refractivity contribution in [3.05, 3.63) is 60.4 Å². The number of hydrogen-bond donors (Lipinski definition) is 1. The van der Waals surface area contributed by atoms with E-state index in [0.717, 1.165) is 23.3 Å². The molecule has 7 heteroatoms. The van der Waals surface area contributed by atoms with Gasteiger partial charge in [0.2, 0.25) is 5.91 Å². The van der Waals surface area contributed by atoms with E-state index in [2.05, 4.69) is 5.32 Å². The summed E-state index contributed by atoms with van der Waals surface area (Å²) in [4.78, 5) is 31.2. The van der Waals surface area contributed by atoms with E-state index in [1.165, 1.54) is 0 Å². The molecule has 2 aromatic carbocycles. The SMILES string of the molecule is CCN(CC)C(=O)Cn1c(CCCNC(=O)COc2ccccc2)nc2ccccc21. The van der Waals surface area contributed by atoms with Gasteiger partial charge in [0.1, 0.15) is 18.1 Å². The first-order valence-corrected chi connectivity index (χ1v) is 10.8. The van der Waals surface area contributed by atoms with Crippen molar-refractivity contribution in [2.75, 3.05) is 26.2 Å². The van der Waals surface area contributed by atoms with Gasteiger partial charge in [-0.25, -0.2) is 4.98 Å². The summed E-state index contributed by atoms with van der Waals surface area (Å²) in [5, 5.41) is 2.88. The van der Waals surface area contributed by atoms with Crippen LogP contribution in [0.2, 0.25) is 0 Å². The number of nitrogens with one attached hydrogen (secondary N) is 1. The standard InChI is InChI=1S/C24H30N4O3/c1-3-27(4-2)24(30)17-28-21-14-9-8-13-20(21)26-22(28)15-10-16-25-23(29)18-31-19-11-6-5-7-12-19/h5-9,11-14H,3-4,10,15-18H2,1-2H3,(H,25,29). The molecule has 0 atom stereocenters. The first-order valence-electron chi connectivity index (χ1n) is 10.8. The summed E-state index contributed by atoms with van der Waals surface area (Å²) in [5.41, 5.74) is 1.84. The van der Waals surface area contributed by atoms with Crippen molar-refractivity contribution in [1.29, 1.82) is 0 Å². The Labute approximate surface area is 183 Å². The molecule has 0 unspecified atom stereocenters. The quantitative estimate of drug-likeness (QED) is 0.482. The summed E-state index contributed by atoms with van der Waals surface area (Å²) in [6.45, 7) is 6.12. The molecule has 0 aliphatic heterocycles. The summed E-state index contributed by atoms with van der Waals surface area (Å²) in [7, 11) is 0. The van der Waals surface area contributed by atoms with Crippen LogP contribution in [0.15, 0.2) is 54.6 Å². The Morgan fingerprint density at radius 2 is 1.74 bits per heavy atom. The normalized spacial score (nSPS) is 10.8. The van der Waals surface area contributed by atoms with Gasteiger partial charge in [-0.1, -0.05) is 30.3 Å². The predicted molar refractivity (Wildman–Crippen MR) is 121 cm³/mol. The van der Waals surface area contributed by atoms with Gasteiger partial charge in [0.05, 0.1) is 11.0 Å². The number of hydrogen-bond acceptors (Lipinski definition) is 4. The molecule has 0 aliphatic carbocycles. The molecular weight excluding hydrogens is 392 g/mol. The maximum absolute atomic E-state index is 12.7. The van der Waals surface area contributed by atoms with Crippen LogP contribution < -0.4 is 10.1 Å². The lowest BCUT2D eigenvalue weighted by Crippen LogP contribution is -2.34. The van der Waals surface area contributed by atoms with E-state index in [1.807, 2.05) is 77.9 Å². The number of imidazole rings is 1. The van der Waals surface area contributed by atoms with E-state index in [9.17, 15) is 9.59 Å². The van der Waals surface area contributed by atoms with E-state index in [0.29, 0.717) is 31.8 Å². The number of para-hydroxylation sites is 3. The van der Waals surface area contributed by atoms with Crippen molar-refractivity contribution in [1.82, 2.24) is 19.8 Å². The molecule has 0 aliphatic rings. The molecule has 3 rings (SSSR count). The van der Waals surface area contributed by atoms with Gasteiger partial charge in [0.25, 0.3) is 5.91 Å². The van der Waals surface area contributed by atoms with Gasteiger partial charge >= 0.3 is 0 Å². The van der Waals surface area contributed by atoms with Crippen LogP contribution in [0.1, 0.15) is 26.1 Å². The van der Waals surface area contributed by atoms with Crippen molar-refractivity contribution in [3.63, 3.8) is 0 Å². The van der Waals surface area contributed by atoms with E-state index >= 15 is 0 Å². The number of carbonyl (C=O) groups is 2. The van der Waals surface area contributed by atoms with Crippen LogP contribution in [0.4, 0.5) is 0 Å². The van der Waals surface area contributed by atoms with E-state index < -0.39 is 0 Å². The van der Waals surface area contributed by atoms with Crippen molar-refractivity contribution in [3.8, 4) is 5.75 Å². The van der Waals surface area contributed by atoms with Gasteiger partial charge in [0.15, 0.2) is 6.61 Å². The Bertz CT molecular complexity index is 996. The molecule has 0 radical (unpaired) electrons. The van der Waals surface area contributed by atoms with Crippen LogP contribution in [0.3, 0.4) is 0 Å². The largest absolute Gasteiger partial charge is 0.484 e. The van der Waals surface area contributed by atoms with Crippen LogP contribution in [0.25, 0.3) is 11.0 Å². The van der Waals surface area contributed by atoms with Crippen LogP contribution >= 0.6 is 0 Å². The van der Waals surface area contributed by atoms with Crippen LogP contribution in [-0.2, 0) is 22.6 Å². The fraction of sp³-hybridized carbons (Fsp3) is 0.375. The monoisotopic (exact) mass is 422 g/mol. The molecule has 1 aromatic heterocycles. The maximum atomic E-state index is 12.7. The van der Waals surface area contributed by atoms with E-state index in [4.69, 9.17) is 9.72 Å². The topological polar surface area (TPSA) is 76.5 Å². The minimum atomic E-state index is -0.158. The first-order chi connectivity index (χ1) is 15.1. The third-order valence-corrected chi connectivity index (χ3v) is 5.16. The molecule has 0 bridgehead atoms. The Kier molecular flexibility index (Phi) is 8.04. The van der Waals surface area contributed by atoms with Gasteiger partial charge in [-0.05, 0) is 44.5 Å². The third-order valence-electron chi connectivity index (χ3n) is 5.16. The van der Waals surface area contributed by atoms with E-state index in [-0.39, 0.29) is 25.0 Å². The van der Waals surface area contributed by atoms with Crippen LogP contribution in [0.5, 0.6) is 5.75 Å². The van der Waals surface area contributed by atoms with Gasteiger partial charge in [-0.3, -0.25) is 9.59 Å². The zero-order valence-corrected chi connectivity index (χ0v) is 18.2. The smallest absolute Gasteiger partial charge is 0.257 e. The van der Waals surface area contributed by atoms with Crippen molar-refractivity contribution >= 4 is 22.8 Å². The molecule has 7 nitrogen and oxygen atoms in total. The fourth-order valence-electron chi connectivity index (χ4n) is 3.50. The van der Waals surface area contributed by atoms with Crippen molar-refractivity contribution in [2.24, 2.45) is 0 Å². The average Bonchev–Trinajstić information content (AvgIpc) is 3.14. The maximum Gasteiger partial charge on any atom is 0.257 e. The van der Waals surface area contributed by atoms with Gasteiger partial charge < -0.3 is 19.5 Å². The Hall–Kier alpha value is -3.35. The number of aromatic nitrogens is 2. The Balaban J connectivity index is 1.56. The Morgan fingerprint density at radius 1 is 1.03 bits per heavy atom. The first kappa shape index (κ1) is 22.3. The van der Waals surface area contributed by atoms with Crippen molar-refractivity contribution < 1.29 is 14.3 Å². The lowest BCUT2D eigenvalue weighted by atomic mass is 10.3. The number of nitrogens with zero attached hydrogens (tertiary/aromatic N) is 3. The molecule has 0 saturated carbocycles. The number of ether oxygens (including phenoxy) is 1. The number of aryl methyl sites for hydroxylation is 1. The number of rotatable bonds is 11.